The van der Waals surface area contributed by atoms with Gasteiger partial charge in [-0.3, -0.25) is 4.90 Å². The third kappa shape index (κ3) is 3.80. The van der Waals surface area contributed by atoms with E-state index in [9.17, 15) is 0 Å². The van der Waals surface area contributed by atoms with E-state index in [4.69, 9.17) is 16.3 Å². The molecule has 26 heavy (non-hydrogen) atoms. The van der Waals surface area contributed by atoms with Crippen LogP contribution in [0.4, 0.5) is 11.6 Å². The molecule has 1 aliphatic heterocycles. The second kappa shape index (κ2) is 7.58. The molecule has 0 amide bonds. The summed E-state index contributed by atoms with van der Waals surface area (Å²) in [7, 11) is 0. The first-order chi connectivity index (χ1) is 12.7. The number of hydrogen-bond donors (Lipinski definition) is 1. The van der Waals surface area contributed by atoms with Gasteiger partial charge in [-0.2, -0.15) is 0 Å². The van der Waals surface area contributed by atoms with E-state index in [0.717, 1.165) is 55.0 Å². The average molecular weight is 369 g/mol. The van der Waals surface area contributed by atoms with Crippen molar-refractivity contribution in [3.05, 3.63) is 58.7 Å². The number of fused-ring (bicyclic) bond motifs is 1. The molecule has 6 heteroatoms. The van der Waals surface area contributed by atoms with Gasteiger partial charge in [0.15, 0.2) is 0 Å². The van der Waals surface area contributed by atoms with Crippen LogP contribution in [0.3, 0.4) is 0 Å². The molecule has 0 aliphatic carbocycles. The van der Waals surface area contributed by atoms with Gasteiger partial charge in [-0.25, -0.2) is 9.97 Å². The number of rotatable bonds is 4. The largest absolute Gasteiger partial charge is 0.379 e. The van der Waals surface area contributed by atoms with E-state index in [0.29, 0.717) is 11.0 Å². The minimum atomic E-state index is 0.570. The third-order valence-electron chi connectivity index (χ3n) is 4.59. The summed E-state index contributed by atoms with van der Waals surface area (Å²) in [4.78, 5) is 11.4. The van der Waals surface area contributed by atoms with Crippen molar-refractivity contribution in [2.75, 3.05) is 31.6 Å². The van der Waals surface area contributed by atoms with Crippen LogP contribution in [0, 0.1) is 6.92 Å². The molecular formula is C20H21ClN4O. The molecular weight excluding hydrogens is 348 g/mol. The van der Waals surface area contributed by atoms with E-state index in [1.807, 2.05) is 25.1 Å². The summed E-state index contributed by atoms with van der Waals surface area (Å²) in [6.45, 7) is 6.48. The number of aryl methyl sites for hydroxylation is 1. The maximum absolute atomic E-state index is 6.34. The number of hydrogen-bond acceptors (Lipinski definition) is 5. The molecule has 2 aromatic carbocycles. The number of nitrogens with zero attached hydrogens (tertiary/aromatic N) is 3. The van der Waals surface area contributed by atoms with E-state index >= 15 is 0 Å². The van der Waals surface area contributed by atoms with Crippen LogP contribution in [0.1, 0.15) is 11.1 Å². The number of ether oxygens (including phenoxy) is 1. The summed E-state index contributed by atoms with van der Waals surface area (Å²) in [6, 6.07) is 12.3. The summed E-state index contributed by atoms with van der Waals surface area (Å²) in [5.41, 5.74) is 4.10. The Morgan fingerprint density at radius 1 is 1.19 bits per heavy atom. The molecule has 1 aliphatic rings. The Balaban J connectivity index is 1.52. The minimum Gasteiger partial charge on any atom is -0.379 e. The van der Waals surface area contributed by atoms with Gasteiger partial charge in [0.25, 0.3) is 0 Å². The molecule has 1 fully saturated rings. The van der Waals surface area contributed by atoms with Crippen molar-refractivity contribution in [3.63, 3.8) is 0 Å². The molecule has 4 rings (SSSR count). The standard InChI is InChI=1S/C20H21ClN4O/c1-14-5-6-18-17(19(14)21)12-22-20(24-18)23-16-4-2-3-15(11-16)13-25-7-9-26-10-8-25/h2-6,11-12H,7-10,13H2,1H3,(H,22,23,24). The maximum Gasteiger partial charge on any atom is 0.227 e. The SMILES string of the molecule is Cc1ccc2nc(Nc3cccc(CN4CCOCC4)c3)ncc2c1Cl. The number of benzene rings is 2. The van der Waals surface area contributed by atoms with Crippen molar-refractivity contribution >= 4 is 34.1 Å². The number of anilines is 2. The van der Waals surface area contributed by atoms with Crippen LogP contribution in [-0.4, -0.2) is 41.2 Å². The van der Waals surface area contributed by atoms with Crippen LogP contribution in [0.5, 0.6) is 0 Å². The van der Waals surface area contributed by atoms with Gasteiger partial charge in [0.2, 0.25) is 5.95 Å². The fraction of sp³-hybridized carbons (Fsp3) is 0.300. The van der Waals surface area contributed by atoms with Crippen molar-refractivity contribution in [1.29, 1.82) is 0 Å². The molecule has 134 valence electrons. The van der Waals surface area contributed by atoms with Gasteiger partial charge < -0.3 is 10.1 Å². The molecule has 0 radical (unpaired) electrons. The zero-order valence-corrected chi connectivity index (χ0v) is 15.5. The van der Waals surface area contributed by atoms with E-state index in [2.05, 4.69) is 38.4 Å². The van der Waals surface area contributed by atoms with Crippen LogP contribution < -0.4 is 5.32 Å². The normalized spacial score (nSPS) is 15.3. The monoisotopic (exact) mass is 368 g/mol. The summed E-state index contributed by atoms with van der Waals surface area (Å²) in [6.07, 6.45) is 1.78. The van der Waals surface area contributed by atoms with Crippen LogP contribution >= 0.6 is 11.6 Å². The first-order valence-corrected chi connectivity index (χ1v) is 9.15. The topological polar surface area (TPSA) is 50.3 Å². The second-order valence-electron chi connectivity index (χ2n) is 6.54. The molecule has 0 saturated carbocycles. The van der Waals surface area contributed by atoms with E-state index in [-0.39, 0.29) is 0 Å². The highest BCUT2D eigenvalue weighted by molar-refractivity contribution is 6.36. The summed E-state index contributed by atoms with van der Waals surface area (Å²) in [5, 5.41) is 4.88. The second-order valence-corrected chi connectivity index (χ2v) is 6.91. The zero-order chi connectivity index (χ0) is 17.9. The first kappa shape index (κ1) is 17.2. The van der Waals surface area contributed by atoms with Crippen LogP contribution in [-0.2, 0) is 11.3 Å². The fourth-order valence-electron chi connectivity index (χ4n) is 3.13. The summed E-state index contributed by atoms with van der Waals surface area (Å²) < 4.78 is 5.41. The molecule has 1 aromatic heterocycles. The van der Waals surface area contributed by atoms with Gasteiger partial charge in [-0.1, -0.05) is 29.8 Å². The van der Waals surface area contributed by atoms with Crippen molar-refractivity contribution in [3.8, 4) is 0 Å². The van der Waals surface area contributed by atoms with Crippen LogP contribution in [0.15, 0.2) is 42.6 Å². The smallest absolute Gasteiger partial charge is 0.227 e. The van der Waals surface area contributed by atoms with Gasteiger partial charge in [-0.05, 0) is 36.2 Å². The molecule has 0 atom stereocenters. The van der Waals surface area contributed by atoms with Gasteiger partial charge in [-0.15, -0.1) is 0 Å². The Bertz CT molecular complexity index is 925. The van der Waals surface area contributed by atoms with Crippen molar-refractivity contribution in [2.24, 2.45) is 0 Å². The lowest BCUT2D eigenvalue weighted by Gasteiger charge is -2.26. The molecule has 3 aromatic rings. The molecule has 5 nitrogen and oxygen atoms in total. The quantitative estimate of drug-likeness (QED) is 0.749. The van der Waals surface area contributed by atoms with E-state index in [1.54, 1.807) is 6.20 Å². The Morgan fingerprint density at radius 3 is 2.88 bits per heavy atom. The van der Waals surface area contributed by atoms with Crippen molar-refractivity contribution in [1.82, 2.24) is 14.9 Å². The lowest BCUT2D eigenvalue weighted by atomic mass is 10.1. The molecule has 2 heterocycles. The zero-order valence-electron chi connectivity index (χ0n) is 14.7. The van der Waals surface area contributed by atoms with Crippen molar-refractivity contribution in [2.45, 2.75) is 13.5 Å². The molecule has 1 N–H and O–H groups in total. The molecule has 0 spiro atoms. The Hall–Kier alpha value is -2.21. The highest BCUT2D eigenvalue weighted by Crippen LogP contribution is 2.26. The fourth-order valence-corrected chi connectivity index (χ4v) is 3.34. The Labute approximate surface area is 158 Å². The predicted octanol–water partition coefficient (Wildman–Crippen LogP) is 4.17. The lowest BCUT2D eigenvalue weighted by Crippen LogP contribution is -2.35. The highest BCUT2D eigenvalue weighted by Gasteiger charge is 2.11. The van der Waals surface area contributed by atoms with Gasteiger partial charge in [0.05, 0.1) is 23.8 Å². The number of nitrogens with one attached hydrogen (secondary N) is 1. The van der Waals surface area contributed by atoms with E-state index < -0.39 is 0 Å². The highest BCUT2D eigenvalue weighted by atomic mass is 35.5. The van der Waals surface area contributed by atoms with Crippen molar-refractivity contribution < 1.29 is 4.74 Å². The Kier molecular flexibility index (Phi) is 5.02. The molecule has 0 bridgehead atoms. The number of aromatic nitrogens is 2. The van der Waals surface area contributed by atoms with Crippen LogP contribution in [0.25, 0.3) is 10.9 Å². The van der Waals surface area contributed by atoms with E-state index in [1.165, 1.54) is 5.56 Å². The lowest BCUT2D eigenvalue weighted by molar-refractivity contribution is 0.0342. The summed E-state index contributed by atoms with van der Waals surface area (Å²) in [5.74, 6) is 0.570. The first-order valence-electron chi connectivity index (χ1n) is 8.77. The average Bonchev–Trinajstić information content (AvgIpc) is 2.66. The third-order valence-corrected chi connectivity index (χ3v) is 5.09. The van der Waals surface area contributed by atoms with Gasteiger partial charge >= 0.3 is 0 Å². The van der Waals surface area contributed by atoms with Gasteiger partial charge in [0.1, 0.15) is 0 Å². The number of morpholine rings is 1. The maximum atomic E-state index is 6.34. The number of halogens is 1. The molecule has 1 saturated heterocycles. The predicted molar refractivity (Wildman–Crippen MR) is 105 cm³/mol. The van der Waals surface area contributed by atoms with Crippen LogP contribution in [0.2, 0.25) is 5.02 Å². The summed E-state index contributed by atoms with van der Waals surface area (Å²) >= 11 is 6.34. The van der Waals surface area contributed by atoms with Gasteiger partial charge in [0, 0.05) is 36.9 Å². The molecule has 0 unspecified atom stereocenters. The Morgan fingerprint density at radius 2 is 2.04 bits per heavy atom. The minimum absolute atomic E-state index is 0.570.